The molecule has 4 heteroatoms. The minimum Gasteiger partial charge on any atom is -0.493 e. The number of anilines is 1. The van der Waals surface area contributed by atoms with Crippen LogP contribution in [0.5, 0.6) is 5.75 Å². The molecule has 106 valence electrons. The number of nitrogens with one attached hydrogen (secondary N) is 1. The number of rotatable bonds is 5. The SMILES string of the molecule is Nc1ccc(CCOc2ccccc2-c2cnc[nH]2)cc1. The van der Waals surface area contributed by atoms with Crippen molar-refractivity contribution < 1.29 is 4.74 Å². The van der Waals surface area contributed by atoms with Gasteiger partial charge in [-0.1, -0.05) is 24.3 Å². The number of aromatic amines is 1. The normalized spacial score (nSPS) is 10.5. The van der Waals surface area contributed by atoms with Crippen LogP contribution in [0.1, 0.15) is 5.56 Å². The molecule has 1 aromatic heterocycles. The summed E-state index contributed by atoms with van der Waals surface area (Å²) in [5, 5.41) is 0. The van der Waals surface area contributed by atoms with Gasteiger partial charge in [0.05, 0.1) is 24.8 Å². The topological polar surface area (TPSA) is 63.9 Å². The van der Waals surface area contributed by atoms with Gasteiger partial charge in [0.15, 0.2) is 0 Å². The van der Waals surface area contributed by atoms with Gasteiger partial charge in [-0.2, -0.15) is 0 Å². The quantitative estimate of drug-likeness (QED) is 0.704. The van der Waals surface area contributed by atoms with E-state index in [1.807, 2.05) is 48.5 Å². The van der Waals surface area contributed by atoms with Crippen molar-refractivity contribution in [2.24, 2.45) is 0 Å². The molecule has 0 atom stereocenters. The summed E-state index contributed by atoms with van der Waals surface area (Å²) < 4.78 is 5.92. The van der Waals surface area contributed by atoms with Crippen LogP contribution in [-0.2, 0) is 6.42 Å². The average Bonchev–Trinajstić information content (AvgIpc) is 3.04. The maximum atomic E-state index is 5.92. The summed E-state index contributed by atoms with van der Waals surface area (Å²) >= 11 is 0. The van der Waals surface area contributed by atoms with Gasteiger partial charge < -0.3 is 15.5 Å². The standard InChI is InChI=1S/C17H17N3O/c18-14-7-5-13(6-8-14)9-10-21-17-4-2-1-3-15(17)16-11-19-12-20-16/h1-8,11-12H,9-10,18H2,(H,19,20). The number of benzene rings is 2. The maximum absolute atomic E-state index is 5.92. The molecule has 0 fully saturated rings. The third-order valence-electron chi connectivity index (χ3n) is 3.30. The van der Waals surface area contributed by atoms with Gasteiger partial charge in [0.1, 0.15) is 5.75 Å². The average molecular weight is 279 g/mol. The molecule has 3 rings (SSSR count). The predicted molar refractivity (Wildman–Crippen MR) is 84.1 cm³/mol. The first kappa shape index (κ1) is 13.2. The minimum absolute atomic E-state index is 0.620. The summed E-state index contributed by atoms with van der Waals surface area (Å²) in [6, 6.07) is 15.8. The van der Waals surface area contributed by atoms with Crippen molar-refractivity contribution in [3.05, 3.63) is 66.6 Å². The van der Waals surface area contributed by atoms with Crippen molar-refractivity contribution >= 4 is 5.69 Å². The fourth-order valence-electron chi connectivity index (χ4n) is 2.18. The second kappa shape index (κ2) is 6.13. The fraction of sp³-hybridized carbons (Fsp3) is 0.118. The molecule has 0 amide bonds. The molecule has 0 radical (unpaired) electrons. The Hall–Kier alpha value is -2.75. The highest BCUT2D eigenvalue weighted by Crippen LogP contribution is 2.27. The zero-order valence-corrected chi connectivity index (χ0v) is 11.6. The van der Waals surface area contributed by atoms with Crippen LogP contribution in [0.3, 0.4) is 0 Å². The largest absolute Gasteiger partial charge is 0.493 e. The summed E-state index contributed by atoms with van der Waals surface area (Å²) in [5.74, 6) is 0.859. The van der Waals surface area contributed by atoms with Crippen LogP contribution >= 0.6 is 0 Å². The van der Waals surface area contributed by atoms with Gasteiger partial charge in [-0.05, 0) is 29.8 Å². The van der Waals surface area contributed by atoms with Crippen molar-refractivity contribution in [2.45, 2.75) is 6.42 Å². The monoisotopic (exact) mass is 279 g/mol. The Morgan fingerprint density at radius 3 is 2.62 bits per heavy atom. The highest BCUT2D eigenvalue weighted by atomic mass is 16.5. The third kappa shape index (κ3) is 3.23. The molecular weight excluding hydrogens is 262 g/mol. The van der Waals surface area contributed by atoms with E-state index in [-0.39, 0.29) is 0 Å². The molecule has 0 bridgehead atoms. The number of hydrogen-bond acceptors (Lipinski definition) is 3. The Morgan fingerprint density at radius 1 is 1.05 bits per heavy atom. The molecule has 0 unspecified atom stereocenters. The molecule has 0 aliphatic heterocycles. The Balaban J connectivity index is 1.67. The second-order valence-corrected chi connectivity index (χ2v) is 4.80. The van der Waals surface area contributed by atoms with Gasteiger partial charge in [0.2, 0.25) is 0 Å². The lowest BCUT2D eigenvalue weighted by molar-refractivity contribution is 0.323. The number of para-hydroxylation sites is 1. The van der Waals surface area contributed by atoms with Crippen LogP contribution in [0.15, 0.2) is 61.1 Å². The third-order valence-corrected chi connectivity index (χ3v) is 3.30. The molecule has 1 heterocycles. The number of hydrogen-bond donors (Lipinski definition) is 2. The van der Waals surface area contributed by atoms with Gasteiger partial charge in [0.25, 0.3) is 0 Å². The van der Waals surface area contributed by atoms with E-state index in [1.165, 1.54) is 5.56 Å². The van der Waals surface area contributed by atoms with Crippen LogP contribution in [0.25, 0.3) is 11.3 Å². The van der Waals surface area contributed by atoms with Crippen molar-refractivity contribution in [1.82, 2.24) is 9.97 Å². The molecule has 0 spiro atoms. The molecule has 0 saturated heterocycles. The van der Waals surface area contributed by atoms with Gasteiger partial charge in [-0.15, -0.1) is 0 Å². The number of nitrogens with zero attached hydrogens (tertiary/aromatic N) is 1. The van der Waals surface area contributed by atoms with E-state index in [1.54, 1.807) is 12.5 Å². The van der Waals surface area contributed by atoms with Gasteiger partial charge in [0, 0.05) is 17.7 Å². The lowest BCUT2D eigenvalue weighted by atomic mass is 10.1. The highest BCUT2D eigenvalue weighted by Gasteiger charge is 2.06. The number of nitrogen functional groups attached to an aromatic ring is 1. The number of H-pyrrole nitrogens is 1. The summed E-state index contributed by atoms with van der Waals surface area (Å²) in [5.41, 5.74) is 9.65. The van der Waals surface area contributed by atoms with Crippen LogP contribution in [0.2, 0.25) is 0 Å². The van der Waals surface area contributed by atoms with Crippen LogP contribution < -0.4 is 10.5 Å². The predicted octanol–water partition coefficient (Wildman–Crippen LogP) is 3.28. The van der Waals surface area contributed by atoms with E-state index in [4.69, 9.17) is 10.5 Å². The minimum atomic E-state index is 0.620. The van der Waals surface area contributed by atoms with Crippen molar-refractivity contribution in [2.75, 3.05) is 12.3 Å². The van der Waals surface area contributed by atoms with Gasteiger partial charge in [-0.25, -0.2) is 4.98 Å². The number of imidazole rings is 1. The smallest absolute Gasteiger partial charge is 0.128 e. The van der Waals surface area contributed by atoms with E-state index in [9.17, 15) is 0 Å². The Labute approximate surface area is 123 Å². The van der Waals surface area contributed by atoms with E-state index < -0.39 is 0 Å². The molecule has 3 aromatic rings. The zero-order chi connectivity index (χ0) is 14.5. The molecular formula is C17H17N3O. The van der Waals surface area contributed by atoms with Crippen LogP contribution in [0, 0.1) is 0 Å². The molecule has 0 aliphatic carbocycles. The first-order valence-electron chi connectivity index (χ1n) is 6.88. The molecule has 21 heavy (non-hydrogen) atoms. The summed E-state index contributed by atoms with van der Waals surface area (Å²) in [7, 11) is 0. The van der Waals surface area contributed by atoms with Crippen molar-refractivity contribution in [3.63, 3.8) is 0 Å². The van der Waals surface area contributed by atoms with Gasteiger partial charge in [-0.3, -0.25) is 0 Å². The fourth-order valence-corrected chi connectivity index (χ4v) is 2.18. The Kier molecular flexibility index (Phi) is 3.87. The van der Waals surface area contributed by atoms with Gasteiger partial charge >= 0.3 is 0 Å². The summed E-state index contributed by atoms with van der Waals surface area (Å²) in [6.45, 7) is 0.620. The van der Waals surface area contributed by atoms with Crippen molar-refractivity contribution in [3.8, 4) is 17.0 Å². The van der Waals surface area contributed by atoms with E-state index in [2.05, 4.69) is 9.97 Å². The van der Waals surface area contributed by atoms with E-state index in [0.717, 1.165) is 29.1 Å². The van der Waals surface area contributed by atoms with Crippen LogP contribution in [0.4, 0.5) is 5.69 Å². The highest BCUT2D eigenvalue weighted by molar-refractivity contribution is 5.66. The Bertz CT molecular complexity index is 690. The van der Waals surface area contributed by atoms with E-state index >= 15 is 0 Å². The molecule has 2 aromatic carbocycles. The molecule has 0 aliphatic rings. The summed E-state index contributed by atoms with van der Waals surface area (Å²) in [4.78, 5) is 7.16. The number of nitrogens with two attached hydrogens (primary N) is 1. The zero-order valence-electron chi connectivity index (χ0n) is 11.6. The van der Waals surface area contributed by atoms with Crippen molar-refractivity contribution in [1.29, 1.82) is 0 Å². The first-order valence-corrected chi connectivity index (χ1v) is 6.88. The summed E-state index contributed by atoms with van der Waals surface area (Å²) in [6.07, 6.45) is 4.31. The van der Waals surface area contributed by atoms with E-state index in [0.29, 0.717) is 6.61 Å². The molecule has 0 saturated carbocycles. The maximum Gasteiger partial charge on any atom is 0.128 e. The Morgan fingerprint density at radius 2 is 1.86 bits per heavy atom. The lowest BCUT2D eigenvalue weighted by Crippen LogP contribution is -2.02. The molecule has 3 N–H and O–H groups in total. The second-order valence-electron chi connectivity index (χ2n) is 4.80. The number of aromatic nitrogens is 2. The first-order chi connectivity index (χ1) is 10.3. The van der Waals surface area contributed by atoms with Crippen LogP contribution in [-0.4, -0.2) is 16.6 Å². The lowest BCUT2D eigenvalue weighted by Gasteiger charge is -2.10. The number of ether oxygens (including phenoxy) is 1. The molecule has 4 nitrogen and oxygen atoms in total.